The van der Waals surface area contributed by atoms with Crippen LogP contribution >= 0.6 is 24.0 Å². The van der Waals surface area contributed by atoms with Crippen molar-refractivity contribution in [2.24, 2.45) is 0 Å². The zero-order valence-electron chi connectivity index (χ0n) is 10.2. The van der Waals surface area contributed by atoms with Crippen LogP contribution in [0.2, 0.25) is 0 Å². The number of hydrogen-bond donors (Lipinski definition) is 1. The van der Waals surface area contributed by atoms with Gasteiger partial charge in [-0.25, -0.2) is 0 Å². The Balaban J connectivity index is 2.35. The molecular formula is C12H10N2O4S2. The van der Waals surface area contributed by atoms with E-state index in [2.05, 4.69) is 0 Å². The van der Waals surface area contributed by atoms with Gasteiger partial charge in [-0.1, -0.05) is 36.1 Å². The average Bonchev–Trinajstić information content (AvgIpc) is 2.67. The largest absolute Gasteiger partial charge is 0.395 e. The molecule has 0 aliphatic carbocycles. The number of β-amino-alcohol motifs (C(OH)–C–C–N with tert-alkyl or cyclic N) is 1. The molecule has 1 amide bonds. The minimum atomic E-state index is -0.500. The van der Waals surface area contributed by atoms with Crippen molar-refractivity contribution in [3.63, 3.8) is 0 Å². The molecule has 1 fully saturated rings. The summed E-state index contributed by atoms with van der Waals surface area (Å²) >= 11 is 6.12. The summed E-state index contributed by atoms with van der Waals surface area (Å²) in [5.41, 5.74) is 0.280. The monoisotopic (exact) mass is 310 g/mol. The summed E-state index contributed by atoms with van der Waals surface area (Å²) < 4.78 is 0.342. The first-order valence-corrected chi connectivity index (χ1v) is 6.86. The van der Waals surface area contributed by atoms with Gasteiger partial charge in [-0.05, 0) is 12.1 Å². The molecule has 0 unspecified atom stereocenters. The predicted molar refractivity (Wildman–Crippen MR) is 80.1 cm³/mol. The molecule has 0 aromatic heterocycles. The molecule has 1 aliphatic rings. The van der Waals surface area contributed by atoms with Gasteiger partial charge in [-0.2, -0.15) is 0 Å². The molecule has 8 heteroatoms. The van der Waals surface area contributed by atoms with Crippen molar-refractivity contribution in [3.8, 4) is 0 Å². The van der Waals surface area contributed by atoms with E-state index in [4.69, 9.17) is 17.3 Å². The van der Waals surface area contributed by atoms with Crippen LogP contribution in [-0.4, -0.2) is 38.3 Å². The van der Waals surface area contributed by atoms with Gasteiger partial charge in [0.25, 0.3) is 11.6 Å². The fourth-order valence-electron chi connectivity index (χ4n) is 1.71. The van der Waals surface area contributed by atoms with Gasteiger partial charge in [-0.15, -0.1) is 0 Å². The highest BCUT2D eigenvalue weighted by Crippen LogP contribution is 2.33. The minimum Gasteiger partial charge on any atom is -0.395 e. The second-order valence-corrected chi connectivity index (χ2v) is 5.55. The van der Waals surface area contributed by atoms with Gasteiger partial charge in [0.15, 0.2) is 0 Å². The maximum absolute atomic E-state index is 12.1. The Morgan fingerprint density at radius 1 is 1.45 bits per heavy atom. The number of nitro groups is 1. The second-order valence-electron chi connectivity index (χ2n) is 3.87. The van der Waals surface area contributed by atoms with Crippen molar-refractivity contribution in [3.05, 3.63) is 44.8 Å². The number of nitrogens with zero attached hydrogens (tertiary/aromatic N) is 2. The number of thiocarbonyl (C=S) groups is 1. The average molecular weight is 310 g/mol. The van der Waals surface area contributed by atoms with Crippen LogP contribution in [0, 0.1) is 10.1 Å². The maximum atomic E-state index is 12.1. The summed E-state index contributed by atoms with van der Waals surface area (Å²) in [6, 6.07) is 6.16. The van der Waals surface area contributed by atoms with E-state index in [1.165, 1.54) is 17.0 Å². The molecule has 20 heavy (non-hydrogen) atoms. The summed E-state index contributed by atoms with van der Waals surface area (Å²) in [6.07, 6.45) is 1.45. The second kappa shape index (κ2) is 6.12. The van der Waals surface area contributed by atoms with Crippen LogP contribution in [0.15, 0.2) is 29.2 Å². The first-order valence-electron chi connectivity index (χ1n) is 5.64. The number of benzene rings is 1. The van der Waals surface area contributed by atoms with Crippen molar-refractivity contribution < 1.29 is 14.8 Å². The zero-order valence-corrected chi connectivity index (χ0v) is 11.8. The molecule has 0 radical (unpaired) electrons. The quantitative estimate of drug-likeness (QED) is 0.395. The smallest absolute Gasteiger partial charge is 0.276 e. The molecule has 6 nitrogen and oxygen atoms in total. The van der Waals surface area contributed by atoms with Gasteiger partial charge < -0.3 is 5.11 Å². The van der Waals surface area contributed by atoms with E-state index in [-0.39, 0.29) is 24.7 Å². The summed E-state index contributed by atoms with van der Waals surface area (Å²) in [4.78, 5) is 24.1. The van der Waals surface area contributed by atoms with Crippen LogP contribution in [0.5, 0.6) is 0 Å². The van der Waals surface area contributed by atoms with E-state index in [0.717, 1.165) is 11.8 Å². The van der Waals surface area contributed by atoms with E-state index in [1.807, 2.05) is 0 Å². The van der Waals surface area contributed by atoms with Gasteiger partial charge in [0.1, 0.15) is 4.32 Å². The van der Waals surface area contributed by atoms with Crippen LogP contribution in [-0.2, 0) is 4.79 Å². The molecule has 1 aromatic carbocycles. The minimum absolute atomic E-state index is 0.0695. The summed E-state index contributed by atoms with van der Waals surface area (Å²) in [6.45, 7) is -0.0654. The Morgan fingerprint density at radius 2 is 2.15 bits per heavy atom. The number of carbonyl (C=O) groups is 1. The first-order chi connectivity index (χ1) is 9.54. The van der Waals surface area contributed by atoms with Crippen molar-refractivity contribution in [1.82, 2.24) is 4.90 Å². The lowest BCUT2D eigenvalue weighted by Crippen LogP contribution is -2.30. The third kappa shape index (κ3) is 2.87. The van der Waals surface area contributed by atoms with E-state index >= 15 is 0 Å². The topological polar surface area (TPSA) is 83.7 Å². The van der Waals surface area contributed by atoms with Gasteiger partial charge >= 0.3 is 0 Å². The number of amides is 1. The number of carbonyl (C=O) groups excluding carboxylic acids is 1. The van der Waals surface area contributed by atoms with E-state index in [9.17, 15) is 14.9 Å². The van der Waals surface area contributed by atoms with Gasteiger partial charge in [-0.3, -0.25) is 19.8 Å². The highest BCUT2D eigenvalue weighted by Gasteiger charge is 2.31. The third-order valence-corrected chi connectivity index (χ3v) is 4.00. The Hall–Kier alpha value is -1.77. The number of aliphatic hydroxyl groups excluding tert-OH is 1. The number of nitro benzene ring substituents is 1. The fourth-order valence-corrected chi connectivity index (χ4v) is 3.01. The molecule has 1 heterocycles. The number of thioether (sulfide) groups is 1. The van der Waals surface area contributed by atoms with Crippen LogP contribution in [0.25, 0.3) is 6.08 Å². The molecule has 0 bridgehead atoms. The number of aliphatic hydroxyl groups is 1. The molecule has 0 saturated carbocycles. The third-order valence-electron chi connectivity index (χ3n) is 2.62. The highest BCUT2D eigenvalue weighted by molar-refractivity contribution is 8.26. The maximum Gasteiger partial charge on any atom is 0.276 e. The van der Waals surface area contributed by atoms with Crippen molar-refractivity contribution >= 4 is 46.0 Å². The molecule has 104 valence electrons. The zero-order chi connectivity index (χ0) is 14.7. The fraction of sp³-hybridized carbons (Fsp3) is 0.167. The number of rotatable bonds is 4. The number of hydrogen-bond acceptors (Lipinski definition) is 6. The molecule has 1 aromatic rings. The summed E-state index contributed by atoms with van der Waals surface area (Å²) in [7, 11) is 0. The predicted octanol–water partition coefficient (Wildman–Crippen LogP) is 1.79. The van der Waals surface area contributed by atoms with Crippen molar-refractivity contribution in [1.29, 1.82) is 0 Å². The molecular weight excluding hydrogens is 300 g/mol. The molecule has 1 saturated heterocycles. The van der Waals surface area contributed by atoms with Crippen LogP contribution in [0.3, 0.4) is 0 Å². The lowest BCUT2D eigenvalue weighted by atomic mass is 10.1. The van der Waals surface area contributed by atoms with E-state index in [0.29, 0.717) is 14.8 Å². The van der Waals surface area contributed by atoms with E-state index in [1.54, 1.807) is 18.2 Å². The Labute approximate surface area is 124 Å². The lowest BCUT2D eigenvalue weighted by molar-refractivity contribution is -0.385. The highest BCUT2D eigenvalue weighted by atomic mass is 32.2. The Morgan fingerprint density at radius 3 is 2.80 bits per heavy atom. The van der Waals surface area contributed by atoms with Crippen LogP contribution in [0.4, 0.5) is 5.69 Å². The normalized spacial score (nSPS) is 17.1. The van der Waals surface area contributed by atoms with E-state index < -0.39 is 4.92 Å². The molecule has 2 rings (SSSR count). The summed E-state index contributed by atoms with van der Waals surface area (Å²) in [5.74, 6) is -0.341. The van der Waals surface area contributed by atoms with Crippen LogP contribution in [0.1, 0.15) is 5.56 Å². The summed E-state index contributed by atoms with van der Waals surface area (Å²) in [5, 5.41) is 19.8. The van der Waals surface area contributed by atoms with Gasteiger partial charge in [0.05, 0.1) is 28.5 Å². The molecule has 1 aliphatic heterocycles. The SMILES string of the molecule is O=C1/C(=C/c2ccccc2[N+](=O)[O-])SC(=S)N1CCO. The number of para-hydroxylation sites is 1. The standard InChI is InChI=1S/C12H10N2O4S2/c15-6-5-13-11(16)10(20-12(13)19)7-8-3-1-2-4-9(8)14(17)18/h1-4,7,15H,5-6H2/b10-7-. The first kappa shape index (κ1) is 14.6. The lowest BCUT2D eigenvalue weighted by Gasteiger charge is -2.11. The molecule has 0 spiro atoms. The van der Waals surface area contributed by atoms with Gasteiger partial charge in [0.2, 0.25) is 0 Å². The van der Waals surface area contributed by atoms with Crippen LogP contribution < -0.4 is 0 Å². The van der Waals surface area contributed by atoms with Crippen molar-refractivity contribution in [2.75, 3.05) is 13.2 Å². The molecule has 1 N–H and O–H groups in total. The Bertz CT molecular complexity index is 615. The Kier molecular flexibility index (Phi) is 4.48. The van der Waals surface area contributed by atoms with Gasteiger partial charge in [0, 0.05) is 6.07 Å². The molecule has 0 atom stereocenters. The van der Waals surface area contributed by atoms with Crippen molar-refractivity contribution in [2.45, 2.75) is 0 Å².